The van der Waals surface area contributed by atoms with E-state index < -0.39 is 5.97 Å². The molecular weight excluding hydrogens is 301 g/mol. The highest BCUT2D eigenvalue weighted by Gasteiger charge is 2.11. The SMILES string of the molecule is COC(=O)c1cc(C)nc(Nc2cc(Cl)ccc2Cl)n1. The molecule has 0 spiro atoms. The summed E-state index contributed by atoms with van der Waals surface area (Å²) in [5.41, 5.74) is 1.35. The third-order valence-electron chi connectivity index (χ3n) is 2.42. The van der Waals surface area contributed by atoms with Crippen LogP contribution >= 0.6 is 23.2 Å². The van der Waals surface area contributed by atoms with Crippen molar-refractivity contribution in [2.24, 2.45) is 0 Å². The number of anilines is 2. The Morgan fingerprint density at radius 3 is 2.70 bits per heavy atom. The lowest BCUT2D eigenvalue weighted by atomic mass is 10.3. The minimum atomic E-state index is -0.532. The third-order valence-corrected chi connectivity index (χ3v) is 2.99. The fraction of sp³-hybridized carbons (Fsp3) is 0.154. The summed E-state index contributed by atoms with van der Waals surface area (Å²) in [5.74, 6) is -0.287. The van der Waals surface area contributed by atoms with Gasteiger partial charge in [0.15, 0.2) is 5.69 Å². The number of nitrogens with one attached hydrogen (secondary N) is 1. The van der Waals surface area contributed by atoms with Crippen LogP contribution < -0.4 is 5.32 Å². The van der Waals surface area contributed by atoms with E-state index in [4.69, 9.17) is 23.2 Å². The highest BCUT2D eigenvalue weighted by atomic mass is 35.5. The molecule has 0 amide bonds. The average molecular weight is 312 g/mol. The molecule has 1 aromatic carbocycles. The first-order valence-corrected chi connectivity index (χ1v) is 6.41. The normalized spacial score (nSPS) is 10.2. The molecule has 1 aromatic heterocycles. The van der Waals surface area contributed by atoms with E-state index in [1.165, 1.54) is 13.2 Å². The molecule has 0 aliphatic heterocycles. The summed E-state index contributed by atoms with van der Waals surface area (Å²) in [5, 5.41) is 3.92. The van der Waals surface area contributed by atoms with Gasteiger partial charge in [-0.15, -0.1) is 0 Å². The largest absolute Gasteiger partial charge is 0.464 e. The number of esters is 1. The number of hydrogen-bond acceptors (Lipinski definition) is 5. The first-order chi connectivity index (χ1) is 9.49. The van der Waals surface area contributed by atoms with E-state index >= 15 is 0 Å². The molecule has 20 heavy (non-hydrogen) atoms. The van der Waals surface area contributed by atoms with Crippen LogP contribution in [0, 0.1) is 6.92 Å². The van der Waals surface area contributed by atoms with Crippen LogP contribution in [0.3, 0.4) is 0 Å². The van der Waals surface area contributed by atoms with Crippen molar-refractivity contribution in [1.82, 2.24) is 9.97 Å². The van der Waals surface area contributed by atoms with Crippen LogP contribution in [0.25, 0.3) is 0 Å². The van der Waals surface area contributed by atoms with Crippen molar-refractivity contribution in [2.75, 3.05) is 12.4 Å². The van der Waals surface area contributed by atoms with Gasteiger partial charge in [-0.1, -0.05) is 23.2 Å². The minimum absolute atomic E-state index is 0.167. The van der Waals surface area contributed by atoms with Crippen LogP contribution in [-0.2, 0) is 4.74 Å². The van der Waals surface area contributed by atoms with Crippen LogP contribution in [0.15, 0.2) is 24.3 Å². The summed E-state index contributed by atoms with van der Waals surface area (Å²) in [7, 11) is 1.29. The van der Waals surface area contributed by atoms with Crippen molar-refractivity contribution >= 4 is 40.8 Å². The van der Waals surface area contributed by atoms with E-state index in [-0.39, 0.29) is 11.6 Å². The summed E-state index contributed by atoms with van der Waals surface area (Å²) in [6, 6.07) is 6.51. The molecule has 2 rings (SSSR count). The number of carbonyl (C=O) groups is 1. The van der Waals surface area contributed by atoms with E-state index in [9.17, 15) is 4.79 Å². The number of hydrogen-bond donors (Lipinski definition) is 1. The van der Waals surface area contributed by atoms with Gasteiger partial charge in [-0.2, -0.15) is 0 Å². The number of carbonyl (C=O) groups excluding carboxylic acids is 1. The predicted octanol–water partition coefficient (Wildman–Crippen LogP) is 3.62. The maximum Gasteiger partial charge on any atom is 0.356 e. The third kappa shape index (κ3) is 3.37. The number of halogens is 2. The van der Waals surface area contributed by atoms with Gasteiger partial charge in [0.25, 0.3) is 0 Å². The van der Waals surface area contributed by atoms with E-state index in [0.717, 1.165) is 0 Å². The van der Waals surface area contributed by atoms with Crippen LogP contribution in [0.4, 0.5) is 11.6 Å². The van der Waals surface area contributed by atoms with Crippen LogP contribution in [0.1, 0.15) is 16.2 Å². The summed E-state index contributed by atoms with van der Waals surface area (Å²) in [4.78, 5) is 19.8. The van der Waals surface area contributed by atoms with Gasteiger partial charge in [-0.3, -0.25) is 0 Å². The van der Waals surface area contributed by atoms with Gasteiger partial charge in [0.05, 0.1) is 17.8 Å². The summed E-state index contributed by atoms with van der Waals surface area (Å²) in [6.45, 7) is 1.75. The quantitative estimate of drug-likeness (QED) is 0.877. The zero-order valence-corrected chi connectivity index (χ0v) is 12.3. The maximum atomic E-state index is 11.5. The minimum Gasteiger partial charge on any atom is -0.464 e. The summed E-state index contributed by atoms with van der Waals surface area (Å²) < 4.78 is 4.64. The molecule has 1 heterocycles. The molecule has 5 nitrogen and oxygen atoms in total. The van der Waals surface area contributed by atoms with Gasteiger partial charge >= 0.3 is 5.97 Å². The molecule has 0 unspecified atom stereocenters. The number of aryl methyl sites for hydroxylation is 1. The molecule has 1 N–H and O–H groups in total. The van der Waals surface area contributed by atoms with E-state index in [1.807, 2.05) is 0 Å². The van der Waals surface area contributed by atoms with Crippen molar-refractivity contribution in [3.8, 4) is 0 Å². The first-order valence-electron chi connectivity index (χ1n) is 5.65. The van der Waals surface area contributed by atoms with Gasteiger partial charge in [-0.05, 0) is 31.2 Å². The Labute approximate surface area is 125 Å². The summed E-state index contributed by atoms with van der Waals surface area (Å²) in [6.07, 6.45) is 0. The van der Waals surface area contributed by atoms with Crippen molar-refractivity contribution < 1.29 is 9.53 Å². The van der Waals surface area contributed by atoms with Crippen LogP contribution in [0.2, 0.25) is 10.0 Å². The number of rotatable bonds is 3. The molecule has 104 valence electrons. The standard InChI is InChI=1S/C13H11Cl2N3O2/c1-7-5-11(12(19)20-2)18-13(16-7)17-10-6-8(14)3-4-9(10)15/h3-6H,1-2H3,(H,16,17,18). The van der Waals surface area contributed by atoms with Crippen molar-refractivity contribution in [2.45, 2.75) is 6.92 Å². The van der Waals surface area contributed by atoms with Gasteiger partial charge in [-0.25, -0.2) is 14.8 Å². The first kappa shape index (κ1) is 14.6. The van der Waals surface area contributed by atoms with E-state index in [0.29, 0.717) is 21.4 Å². The smallest absolute Gasteiger partial charge is 0.356 e. The van der Waals surface area contributed by atoms with E-state index in [2.05, 4.69) is 20.0 Å². The molecule has 7 heteroatoms. The Hall–Kier alpha value is -1.85. The zero-order chi connectivity index (χ0) is 14.7. The second-order valence-electron chi connectivity index (χ2n) is 3.96. The van der Waals surface area contributed by atoms with Crippen LogP contribution in [0.5, 0.6) is 0 Å². The maximum absolute atomic E-state index is 11.5. The van der Waals surface area contributed by atoms with Gasteiger partial charge in [0, 0.05) is 10.7 Å². The number of methoxy groups -OCH3 is 1. The Morgan fingerprint density at radius 2 is 2.00 bits per heavy atom. The Bertz CT molecular complexity index is 662. The molecule has 2 aromatic rings. The lowest BCUT2D eigenvalue weighted by molar-refractivity contribution is 0.0594. The molecule has 0 radical (unpaired) electrons. The van der Waals surface area contributed by atoms with E-state index in [1.54, 1.807) is 25.1 Å². The van der Waals surface area contributed by atoms with Crippen LogP contribution in [-0.4, -0.2) is 23.0 Å². The summed E-state index contributed by atoms with van der Waals surface area (Å²) >= 11 is 12.0. The van der Waals surface area contributed by atoms with Gasteiger partial charge in [0.2, 0.25) is 5.95 Å². The predicted molar refractivity (Wildman–Crippen MR) is 77.9 cm³/mol. The Balaban J connectivity index is 2.36. The second-order valence-corrected chi connectivity index (χ2v) is 4.80. The number of aromatic nitrogens is 2. The molecule has 0 atom stereocenters. The average Bonchev–Trinajstić information content (AvgIpc) is 2.41. The molecule has 0 saturated carbocycles. The lowest BCUT2D eigenvalue weighted by Crippen LogP contribution is -2.08. The topological polar surface area (TPSA) is 64.1 Å². The fourth-order valence-electron chi connectivity index (χ4n) is 1.55. The molecule has 0 saturated heterocycles. The molecule has 0 fully saturated rings. The molecule has 0 aliphatic rings. The number of benzene rings is 1. The molecule has 0 aliphatic carbocycles. The zero-order valence-electron chi connectivity index (χ0n) is 10.8. The fourth-order valence-corrected chi connectivity index (χ4v) is 1.88. The molecular formula is C13H11Cl2N3O2. The van der Waals surface area contributed by atoms with Crippen molar-refractivity contribution in [1.29, 1.82) is 0 Å². The number of nitrogens with zero attached hydrogens (tertiary/aromatic N) is 2. The lowest BCUT2D eigenvalue weighted by Gasteiger charge is -2.09. The van der Waals surface area contributed by atoms with Crippen molar-refractivity contribution in [3.63, 3.8) is 0 Å². The second kappa shape index (κ2) is 6.07. The highest BCUT2D eigenvalue weighted by Crippen LogP contribution is 2.27. The Morgan fingerprint density at radius 1 is 1.25 bits per heavy atom. The monoisotopic (exact) mass is 311 g/mol. The Kier molecular flexibility index (Phi) is 4.42. The van der Waals surface area contributed by atoms with Crippen molar-refractivity contribution in [3.05, 3.63) is 45.7 Å². The van der Waals surface area contributed by atoms with Gasteiger partial charge < -0.3 is 10.1 Å². The van der Waals surface area contributed by atoms with Gasteiger partial charge in [0.1, 0.15) is 0 Å². The highest BCUT2D eigenvalue weighted by molar-refractivity contribution is 6.35. The number of ether oxygens (including phenoxy) is 1. The molecule has 0 bridgehead atoms.